The van der Waals surface area contributed by atoms with E-state index in [-0.39, 0.29) is 5.91 Å². The van der Waals surface area contributed by atoms with E-state index in [0.717, 1.165) is 5.56 Å². The summed E-state index contributed by atoms with van der Waals surface area (Å²) in [5.74, 6) is -0.455. The second-order valence-electron chi connectivity index (χ2n) is 3.80. The van der Waals surface area contributed by atoms with Gasteiger partial charge in [-0.15, -0.1) is 6.58 Å². The summed E-state index contributed by atoms with van der Waals surface area (Å²) in [6.45, 7) is 8.10. The Balaban J connectivity index is 0.00000154. The van der Waals surface area contributed by atoms with Gasteiger partial charge >= 0.3 is 0 Å². The molecule has 19 heavy (non-hydrogen) atoms. The van der Waals surface area contributed by atoms with E-state index in [1.807, 2.05) is 13.8 Å². The van der Waals surface area contributed by atoms with Crippen molar-refractivity contribution in [1.29, 1.82) is 0 Å². The molecule has 0 fully saturated rings. The van der Waals surface area contributed by atoms with Gasteiger partial charge in [0.15, 0.2) is 0 Å². The van der Waals surface area contributed by atoms with Crippen molar-refractivity contribution in [3.63, 3.8) is 0 Å². The molecule has 4 nitrogen and oxygen atoms in total. The number of carbonyl (C=O) groups excluding carboxylic acids is 2. The molecule has 0 saturated heterocycles. The minimum atomic E-state index is -0.466. The molecule has 0 saturated carbocycles. The molecule has 1 aromatic carbocycles. The van der Waals surface area contributed by atoms with Crippen molar-refractivity contribution in [3.05, 3.63) is 48.0 Å². The fraction of sp³-hybridized carbons (Fsp3) is 0.333. The number of rotatable bonds is 5. The molecule has 0 heterocycles. The molecule has 0 bridgehead atoms. The summed E-state index contributed by atoms with van der Waals surface area (Å²) < 4.78 is 0. The van der Waals surface area contributed by atoms with Crippen molar-refractivity contribution in [2.24, 2.45) is 5.73 Å². The molecule has 0 aliphatic carbocycles. The zero-order valence-electron chi connectivity index (χ0n) is 11.8. The summed E-state index contributed by atoms with van der Waals surface area (Å²) in [4.78, 5) is 24.2. The molecule has 0 aliphatic heterocycles. The third kappa shape index (κ3) is 5.86. The molecule has 104 valence electrons. The number of nitrogens with two attached hydrogens (primary N) is 1. The minimum absolute atomic E-state index is 0.0109. The third-order valence-electron chi connectivity index (χ3n) is 2.42. The lowest BCUT2D eigenvalue weighted by molar-refractivity contribution is -0.128. The molecule has 1 rings (SSSR count). The Morgan fingerprint density at radius 1 is 1.26 bits per heavy atom. The molecule has 1 aromatic rings. The van der Waals surface area contributed by atoms with Crippen LogP contribution in [-0.4, -0.2) is 30.3 Å². The first-order valence-electron chi connectivity index (χ1n) is 6.28. The van der Waals surface area contributed by atoms with Crippen LogP contribution in [0.15, 0.2) is 36.9 Å². The summed E-state index contributed by atoms with van der Waals surface area (Å²) in [5, 5.41) is 0. The molecule has 0 unspecified atom stereocenters. The first-order valence-corrected chi connectivity index (χ1v) is 6.28. The van der Waals surface area contributed by atoms with Gasteiger partial charge in [0.25, 0.3) is 0 Å². The third-order valence-corrected chi connectivity index (χ3v) is 2.42. The van der Waals surface area contributed by atoms with Crippen LogP contribution >= 0.6 is 0 Å². The van der Waals surface area contributed by atoms with E-state index in [1.54, 1.807) is 42.3 Å². The number of hydrogen-bond donors (Lipinski definition) is 1. The Bertz CT molecular complexity index is 424. The summed E-state index contributed by atoms with van der Waals surface area (Å²) >= 11 is 0. The highest BCUT2D eigenvalue weighted by Gasteiger charge is 2.08. The number of likely N-dealkylation sites (N-methyl/N-ethyl adjacent to an activating group) is 1. The summed E-state index contributed by atoms with van der Waals surface area (Å²) in [5.41, 5.74) is 6.43. The normalized spacial score (nSPS) is 9.00. The first kappa shape index (κ1) is 16.9. The SMILES string of the molecule is C=CCN(C)C(=O)Cc1ccc(C(N)=O)cc1.CC. The highest BCUT2D eigenvalue weighted by atomic mass is 16.2. The number of primary amides is 1. The predicted octanol–water partition coefficient (Wildman–Crippen LogP) is 2.00. The van der Waals surface area contributed by atoms with E-state index in [4.69, 9.17) is 5.73 Å². The average molecular weight is 262 g/mol. The molecule has 2 amide bonds. The average Bonchev–Trinajstić information content (AvgIpc) is 2.42. The number of amides is 2. The van der Waals surface area contributed by atoms with Crippen molar-refractivity contribution in [1.82, 2.24) is 4.90 Å². The van der Waals surface area contributed by atoms with E-state index in [2.05, 4.69) is 6.58 Å². The Morgan fingerprint density at radius 2 is 1.79 bits per heavy atom. The van der Waals surface area contributed by atoms with Gasteiger partial charge in [0.1, 0.15) is 0 Å². The quantitative estimate of drug-likeness (QED) is 0.825. The van der Waals surface area contributed by atoms with E-state index in [1.165, 1.54) is 0 Å². The zero-order valence-corrected chi connectivity index (χ0v) is 11.8. The maximum absolute atomic E-state index is 11.7. The van der Waals surface area contributed by atoms with Gasteiger partial charge in [0.05, 0.1) is 6.42 Å². The van der Waals surface area contributed by atoms with Gasteiger partial charge < -0.3 is 10.6 Å². The van der Waals surface area contributed by atoms with E-state index in [0.29, 0.717) is 18.5 Å². The van der Waals surface area contributed by atoms with Crippen LogP contribution in [0.25, 0.3) is 0 Å². The first-order chi connectivity index (χ1) is 9.04. The lowest BCUT2D eigenvalue weighted by Gasteiger charge is -2.14. The van der Waals surface area contributed by atoms with Crippen LogP contribution in [-0.2, 0) is 11.2 Å². The van der Waals surface area contributed by atoms with Crippen molar-refractivity contribution in [3.8, 4) is 0 Å². The topological polar surface area (TPSA) is 63.4 Å². The van der Waals surface area contributed by atoms with E-state index in [9.17, 15) is 9.59 Å². The maximum Gasteiger partial charge on any atom is 0.248 e. The number of nitrogens with zero attached hydrogens (tertiary/aromatic N) is 1. The van der Waals surface area contributed by atoms with Gasteiger partial charge in [0.2, 0.25) is 11.8 Å². The number of benzene rings is 1. The van der Waals surface area contributed by atoms with Crippen LogP contribution in [0.3, 0.4) is 0 Å². The van der Waals surface area contributed by atoms with Crippen LogP contribution in [0.1, 0.15) is 29.8 Å². The zero-order chi connectivity index (χ0) is 14.8. The van der Waals surface area contributed by atoms with Crippen LogP contribution in [0.4, 0.5) is 0 Å². The fourth-order valence-electron chi connectivity index (χ4n) is 1.39. The molecular formula is C15H22N2O2. The van der Waals surface area contributed by atoms with Crippen molar-refractivity contribution in [2.75, 3.05) is 13.6 Å². The second kappa shape index (κ2) is 8.91. The molecule has 0 spiro atoms. The number of hydrogen-bond acceptors (Lipinski definition) is 2. The molecule has 0 radical (unpaired) electrons. The van der Waals surface area contributed by atoms with Crippen LogP contribution in [0.2, 0.25) is 0 Å². The Morgan fingerprint density at radius 3 is 2.21 bits per heavy atom. The lowest BCUT2D eigenvalue weighted by Crippen LogP contribution is -2.28. The molecule has 0 aromatic heterocycles. The van der Waals surface area contributed by atoms with Gasteiger partial charge in [-0.1, -0.05) is 32.1 Å². The second-order valence-corrected chi connectivity index (χ2v) is 3.80. The smallest absolute Gasteiger partial charge is 0.248 e. The van der Waals surface area contributed by atoms with Gasteiger partial charge in [0, 0.05) is 19.2 Å². The largest absolute Gasteiger partial charge is 0.366 e. The molecule has 0 aliphatic rings. The number of carbonyl (C=O) groups is 2. The van der Waals surface area contributed by atoms with Gasteiger partial charge in [-0.25, -0.2) is 0 Å². The molecular weight excluding hydrogens is 240 g/mol. The molecule has 0 atom stereocenters. The van der Waals surface area contributed by atoms with Crippen molar-refractivity contribution in [2.45, 2.75) is 20.3 Å². The summed E-state index contributed by atoms with van der Waals surface area (Å²) in [6.07, 6.45) is 1.98. The lowest BCUT2D eigenvalue weighted by atomic mass is 10.1. The van der Waals surface area contributed by atoms with Crippen LogP contribution in [0, 0.1) is 0 Å². The van der Waals surface area contributed by atoms with Gasteiger partial charge in [-0.05, 0) is 17.7 Å². The van der Waals surface area contributed by atoms with E-state index >= 15 is 0 Å². The van der Waals surface area contributed by atoms with Gasteiger partial charge in [-0.3, -0.25) is 9.59 Å². The fourth-order valence-corrected chi connectivity index (χ4v) is 1.39. The predicted molar refractivity (Wildman–Crippen MR) is 77.8 cm³/mol. The standard InChI is InChI=1S/C13H16N2O2.C2H6/c1-3-8-15(2)12(16)9-10-4-6-11(7-5-10)13(14)17;1-2/h3-7H,1,8-9H2,2H3,(H2,14,17);1-2H3. The summed E-state index contributed by atoms with van der Waals surface area (Å²) in [6, 6.07) is 6.72. The minimum Gasteiger partial charge on any atom is -0.366 e. The van der Waals surface area contributed by atoms with E-state index < -0.39 is 5.91 Å². The highest BCUT2D eigenvalue weighted by molar-refractivity contribution is 5.92. The van der Waals surface area contributed by atoms with Crippen molar-refractivity contribution >= 4 is 11.8 Å². The Labute approximate surface area is 114 Å². The molecule has 2 N–H and O–H groups in total. The monoisotopic (exact) mass is 262 g/mol. The Hall–Kier alpha value is -2.10. The summed E-state index contributed by atoms with van der Waals surface area (Å²) in [7, 11) is 1.72. The van der Waals surface area contributed by atoms with Crippen molar-refractivity contribution < 1.29 is 9.59 Å². The van der Waals surface area contributed by atoms with Gasteiger partial charge in [-0.2, -0.15) is 0 Å². The van der Waals surface area contributed by atoms with Crippen LogP contribution < -0.4 is 5.73 Å². The molecule has 4 heteroatoms. The highest BCUT2D eigenvalue weighted by Crippen LogP contribution is 2.06. The van der Waals surface area contributed by atoms with Crippen LogP contribution in [0.5, 0.6) is 0 Å². The Kier molecular flexibility index (Phi) is 7.93. The maximum atomic E-state index is 11.7.